The molecule has 2 atom stereocenters. The van der Waals surface area contributed by atoms with Gasteiger partial charge in [-0.15, -0.1) is 0 Å². The molecule has 230 valence electrons. The van der Waals surface area contributed by atoms with E-state index in [1.807, 2.05) is 26.0 Å². The lowest BCUT2D eigenvalue weighted by Crippen LogP contribution is -2.55. The molecular weight excluding hydrogens is 571 g/mol. The first-order valence-electron chi connectivity index (χ1n) is 14.2. The smallest absolute Gasteiger partial charge is 0.430 e. The molecule has 2 fully saturated rings. The number of rotatable bonds is 9. The summed E-state index contributed by atoms with van der Waals surface area (Å²) in [7, 11) is 4.35. The number of carbonyl (C=O) groups is 2. The molecule has 1 heterocycles. The van der Waals surface area contributed by atoms with E-state index in [1.54, 1.807) is 18.0 Å². The molecule has 1 N–H and O–H groups in total. The van der Waals surface area contributed by atoms with E-state index in [1.165, 1.54) is 26.3 Å². The van der Waals surface area contributed by atoms with Gasteiger partial charge in [-0.05, 0) is 81.2 Å². The Balaban J connectivity index is 1.34. The fraction of sp³-hybridized carbons (Fsp3) is 0.548. The number of amides is 2. The average molecular weight is 610 g/mol. The van der Waals surface area contributed by atoms with Crippen LogP contribution in [0, 0.1) is 11.3 Å². The molecule has 2 aliphatic rings. The molecule has 2 unspecified atom stereocenters. The molecule has 0 aromatic heterocycles. The minimum atomic E-state index is -5.21. The summed E-state index contributed by atoms with van der Waals surface area (Å²) in [5.74, 6) is -1.13. The third kappa shape index (κ3) is 6.06. The highest BCUT2D eigenvalue weighted by Crippen LogP contribution is 2.61. The van der Waals surface area contributed by atoms with Gasteiger partial charge in [0.25, 0.3) is 17.4 Å². The Labute approximate surface area is 250 Å². The van der Waals surface area contributed by atoms with E-state index >= 15 is 0 Å². The molecule has 11 heteroatoms. The second-order valence-corrected chi connectivity index (χ2v) is 12.3. The molecule has 0 radical (unpaired) electrons. The van der Waals surface area contributed by atoms with Gasteiger partial charge in [0, 0.05) is 51.0 Å². The third-order valence-corrected chi connectivity index (χ3v) is 9.44. The van der Waals surface area contributed by atoms with Crippen LogP contribution in [0.5, 0.6) is 5.75 Å². The SMILES string of the molecule is COc1cccc(C(O)(C(=O)N(C)CCC2CC23CCN(c2ccc(C(=O)N(C)C(C)C)c(Cl)c2)CC3)C(F)(F)F)c1. The lowest BCUT2D eigenvalue weighted by molar-refractivity contribution is -0.261. The Morgan fingerprint density at radius 1 is 1.14 bits per heavy atom. The average Bonchev–Trinajstić information content (AvgIpc) is 3.64. The molecule has 42 heavy (non-hydrogen) atoms. The predicted octanol–water partition coefficient (Wildman–Crippen LogP) is 5.73. The summed E-state index contributed by atoms with van der Waals surface area (Å²) in [6.07, 6.45) is -1.87. The highest BCUT2D eigenvalue weighted by molar-refractivity contribution is 6.34. The number of alkyl halides is 3. The van der Waals surface area contributed by atoms with Crippen LogP contribution in [0.1, 0.15) is 55.5 Å². The maximum absolute atomic E-state index is 14.1. The van der Waals surface area contributed by atoms with Crippen LogP contribution < -0.4 is 9.64 Å². The van der Waals surface area contributed by atoms with E-state index in [4.69, 9.17) is 16.3 Å². The van der Waals surface area contributed by atoms with Crippen LogP contribution in [0.25, 0.3) is 0 Å². The molecule has 1 saturated heterocycles. The number of carbonyl (C=O) groups excluding carboxylic acids is 2. The topological polar surface area (TPSA) is 73.3 Å². The van der Waals surface area contributed by atoms with Crippen LogP contribution in [0.4, 0.5) is 18.9 Å². The van der Waals surface area contributed by atoms with Gasteiger partial charge in [0.15, 0.2) is 0 Å². The zero-order chi connectivity index (χ0) is 31.0. The van der Waals surface area contributed by atoms with Crippen molar-refractivity contribution in [3.8, 4) is 5.75 Å². The van der Waals surface area contributed by atoms with Gasteiger partial charge < -0.3 is 24.5 Å². The molecule has 2 amide bonds. The van der Waals surface area contributed by atoms with Crippen molar-refractivity contribution in [2.75, 3.05) is 45.7 Å². The first kappa shape index (κ1) is 31.9. The van der Waals surface area contributed by atoms with Gasteiger partial charge in [-0.3, -0.25) is 9.59 Å². The zero-order valence-electron chi connectivity index (χ0n) is 24.7. The largest absolute Gasteiger partial charge is 0.497 e. The summed E-state index contributed by atoms with van der Waals surface area (Å²) in [4.78, 5) is 30.6. The van der Waals surface area contributed by atoms with Crippen molar-refractivity contribution in [3.05, 3.63) is 58.6 Å². The number of benzene rings is 2. The van der Waals surface area contributed by atoms with Crippen LogP contribution in [0.3, 0.4) is 0 Å². The summed E-state index contributed by atoms with van der Waals surface area (Å²) >= 11 is 6.49. The fourth-order valence-electron chi connectivity index (χ4n) is 5.95. The minimum absolute atomic E-state index is 0.0553. The van der Waals surface area contributed by atoms with E-state index < -0.39 is 23.2 Å². The van der Waals surface area contributed by atoms with Crippen molar-refractivity contribution in [2.45, 2.75) is 57.3 Å². The number of anilines is 1. The summed E-state index contributed by atoms with van der Waals surface area (Å²) in [5.41, 5.74) is -2.73. The molecule has 1 spiro atoms. The lowest BCUT2D eigenvalue weighted by atomic mass is 9.89. The Kier molecular flexibility index (Phi) is 9.09. The molecule has 4 rings (SSSR count). The summed E-state index contributed by atoms with van der Waals surface area (Å²) in [6.45, 7) is 5.58. The van der Waals surface area contributed by atoms with Crippen molar-refractivity contribution < 1.29 is 32.6 Å². The summed E-state index contributed by atoms with van der Waals surface area (Å²) in [6, 6.07) is 10.4. The van der Waals surface area contributed by atoms with Crippen molar-refractivity contribution in [3.63, 3.8) is 0 Å². The van der Waals surface area contributed by atoms with Gasteiger partial charge in [0.1, 0.15) is 5.75 Å². The van der Waals surface area contributed by atoms with Crippen molar-refractivity contribution in [1.29, 1.82) is 0 Å². The number of halogens is 4. The van der Waals surface area contributed by atoms with Crippen LogP contribution in [0.2, 0.25) is 5.02 Å². The monoisotopic (exact) mass is 609 g/mol. The first-order valence-corrected chi connectivity index (χ1v) is 14.5. The van der Waals surface area contributed by atoms with E-state index in [0.717, 1.165) is 55.1 Å². The number of methoxy groups -OCH3 is 1. The van der Waals surface area contributed by atoms with Gasteiger partial charge in [0.05, 0.1) is 17.7 Å². The Bertz CT molecular complexity index is 1310. The second-order valence-electron chi connectivity index (χ2n) is 11.9. The quantitative estimate of drug-likeness (QED) is 0.393. The second kappa shape index (κ2) is 12.0. The number of hydrogen-bond acceptors (Lipinski definition) is 5. The number of nitrogens with zero attached hydrogens (tertiary/aromatic N) is 3. The highest BCUT2D eigenvalue weighted by atomic mass is 35.5. The highest BCUT2D eigenvalue weighted by Gasteiger charge is 2.62. The van der Waals surface area contributed by atoms with Gasteiger partial charge in [-0.1, -0.05) is 23.7 Å². The Morgan fingerprint density at radius 3 is 2.38 bits per heavy atom. The van der Waals surface area contributed by atoms with Crippen molar-refractivity contribution >= 4 is 29.1 Å². The van der Waals surface area contributed by atoms with Gasteiger partial charge in [-0.2, -0.15) is 13.2 Å². The molecule has 1 aliphatic carbocycles. The van der Waals surface area contributed by atoms with Crippen molar-refractivity contribution in [1.82, 2.24) is 9.80 Å². The number of likely N-dealkylation sites (N-methyl/N-ethyl adjacent to an activating group) is 1. The Morgan fingerprint density at radius 2 is 1.81 bits per heavy atom. The third-order valence-electron chi connectivity index (χ3n) is 9.13. The molecular formula is C31H39ClF3N3O4. The molecule has 1 saturated carbocycles. The maximum atomic E-state index is 14.1. The molecule has 2 aromatic carbocycles. The number of ether oxygens (including phenoxy) is 1. The van der Waals surface area contributed by atoms with E-state index in [-0.39, 0.29) is 29.7 Å². The summed E-state index contributed by atoms with van der Waals surface area (Å²) in [5, 5.41) is 11.2. The number of aliphatic hydroxyl groups is 1. The molecule has 0 bridgehead atoms. The number of hydrogen-bond donors (Lipinski definition) is 1. The van der Waals surface area contributed by atoms with Gasteiger partial charge >= 0.3 is 6.18 Å². The maximum Gasteiger partial charge on any atom is 0.430 e. The van der Waals surface area contributed by atoms with Crippen molar-refractivity contribution in [2.24, 2.45) is 11.3 Å². The first-order chi connectivity index (χ1) is 19.6. The molecule has 1 aliphatic heterocycles. The molecule has 7 nitrogen and oxygen atoms in total. The zero-order valence-corrected chi connectivity index (χ0v) is 25.4. The minimum Gasteiger partial charge on any atom is -0.497 e. The van der Waals surface area contributed by atoms with E-state index in [2.05, 4.69) is 4.90 Å². The van der Waals surface area contributed by atoms with E-state index in [9.17, 15) is 27.9 Å². The van der Waals surface area contributed by atoms with Crippen LogP contribution >= 0.6 is 11.6 Å². The predicted molar refractivity (Wildman–Crippen MR) is 156 cm³/mol. The number of piperidine rings is 1. The standard InChI is InChI=1S/C31H39ClF3N3O4/c1-20(2)37(4)27(39)25-10-9-23(18-26(25)32)38-15-12-29(13-16-38)19-22(29)11-14-36(3)28(40)30(41,31(33,34)35)21-7-6-8-24(17-21)42-5/h6-10,17-18,20,22,41H,11-16,19H2,1-5H3. The van der Waals surface area contributed by atoms with E-state index in [0.29, 0.717) is 22.9 Å². The molecule has 2 aromatic rings. The van der Waals surface area contributed by atoms with Gasteiger partial charge in [-0.25, -0.2) is 0 Å². The fourth-order valence-corrected chi connectivity index (χ4v) is 6.20. The van der Waals surface area contributed by atoms with Crippen LogP contribution in [-0.2, 0) is 10.4 Å². The van der Waals surface area contributed by atoms with Crippen LogP contribution in [-0.4, -0.2) is 79.8 Å². The van der Waals surface area contributed by atoms with Gasteiger partial charge in [0.2, 0.25) is 0 Å². The Hall–Kier alpha value is -2.98. The normalized spacial score (nSPS) is 19.4. The summed E-state index contributed by atoms with van der Waals surface area (Å²) < 4.78 is 47.3. The lowest BCUT2D eigenvalue weighted by Gasteiger charge is -2.35. The van der Waals surface area contributed by atoms with Crippen LogP contribution in [0.15, 0.2) is 42.5 Å².